The fraction of sp³-hybridized carbons (Fsp3) is 0.350. The van der Waals surface area contributed by atoms with E-state index in [2.05, 4.69) is 32.3 Å². The van der Waals surface area contributed by atoms with E-state index < -0.39 is 0 Å². The number of carbonyl (C=O) groups excluding carboxylic acids is 1. The molecule has 7 heteroatoms. The van der Waals surface area contributed by atoms with Crippen LogP contribution in [0.25, 0.3) is 22.0 Å². The lowest BCUT2D eigenvalue weighted by molar-refractivity contribution is -0.119. The molecule has 4 rings (SSSR count). The molecule has 0 unspecified atom stereocenters. The SMILES string of the molecule is C[C@H]1CN(CC(=O)Nc2cc3cc(-c4cncn4C)ccc3cn2)CCO1. The maximum atomic E-state index is 12.4. The van der Waals surface area contributed by atoms with Gasteiger partial charge in [-0.05, 0) is 24.4 Å². The number of benzene rings is 1. The molecular weight excluding hydrogens is 342 g/mol. The van der Waals surface area contributed by atoms with Crippen molar-refractivity contribution >= 4 is 22.5 Å². The molecule has 0 bridgehead atoms. The molecule has 0 radical (unpaired) electrons. The van der Waals surface area contributed by atoms with Gasteiger partial charge in [0.05, 0.1) is 37.5 Å². The number of hydrogen-bond donors (Lipinski definition) is 1. The largest absolute Gasteiger partial charge is 0.376 e. The molecular formula is C20H23N5O2. The zero-order valence-electron chi connectivity index (χ0n) is 15.6. The summed E-state index contributed by atoms with van der Waals surface area (Å²) < 4.78 is 7.49. The summed E-state index contributed by atoms with van der Waals surface area (Å²) in [5.41, 5.74) is 2.12. The average Bonchev–Trinajstić information content (AvgIpc) is 3.07. The highest BCUT2D eigenvalue weighted by atomic mass is 16.5. The van der Waals surface area contributed by atoms with Crippen molar-refractivity contribution < 1.29 is 9.53 Å². The second kappa shape index (κ2) is 7.46. The van der Waals surface area contributed by atoms with E-state index in [9.17, 15) is 4.79 Å². The topological polar surface area (TPSA) is 72.3 Å². The second-order valence-corrected chi connectivity index (χ2v) is 6.99. The number of morpholine rings is 1. The number of ether oxygens (including phenoxy) is 1. The maximum absolute atomic E-state index is 12.4. The van der Waals surface area contributed by atoms with Crippen molar-refractivity contribution in [2.24, 2.45) is 7.05 Å². The third kappa shape index (κ3) is 3.99. The van der Waals surface area contributed by atoms with Gasteiger partial charge >= 0.3 is 0 Å². The lowest BCUT2D eigenvalue weighted by atomic mass is 10.1. The lowest BCUT2D eigenvalue weighted by Crippen LogP contribution is -2.44. The Labute approximate surface area is 158 Å². The molecule has 1 atom stereocenters. The molecule has 1 aromatic carbocycles. The number of rotatable bonds is 4. The summed E-state index contributed by atoms with van der Waals surface area (Å²) in [4.78, 5) is 23.0. The second-order valence-electron chi connectivity index (χ2n) is 6.99. The highest BCUT2D eigenvalue weighted by Gasteiger charge is 2.19. The van der Waals surface area contributed by atoms with E-state index in [0.717, 1.165) is 35.1 Å². The van der Waals surface area contributed by atoms with Crippen molar-refractivity contribution in [1.29, 1.82) is 0 Å². The predicted octanol–water partition coefficient (Wildman–Crippen LogP) is 2.29. The van der Waals surface area contributed by atoms with E-state index in [1.165, 1.54) is 0 Å². The molecule has 1 amide bonds. The maximum Gasteiger partial charge on any atom is 0.239 e. The normalized spacial score (nSPS) is 17.9. The van der Waals surface area contributed by atoms with Gasteiger partial charge in [-0.3, -0.25) is 9.69 Å². The van der Waals surface area contributed by atoms with E-state index in [0.29, 0.717) is 19.0 Å². The van der Waals surface area contributed by atoms with Crippen LogP contribution in [0.5, 0.6) is 0 Å². The van der Waals surface area contributed by atoms with Crippen LogP contribution in [0.15, 0.2) is 43.0 Å². The zero-order chi connectivity index (χ0) is 18.8. The smallest absolute Gasteiger partial charge is 0.239 e. The molecule has 27 heavy (non-hydrogen) atoms. The molecule has 3 aromatic rings. The molecule has 7 nitrogen and oxygen atoms in total. The Morgan fingerprint density at radius 2 is 2.19 bits per heavy atom. The van der Waals surface area contributed by atoms with Crippen molar-refractivity contribution in [3.05, 3.63) is 43.0 Å². The molecule has 0 aliphatic carbocycles. The number of anilines is 1. The number of carbonyl (C=O) groups is 1. The highest BCUT2D eigenvalue weighted by molar-refractivity contribution is 5.94. The number of aromatic nitrogens is 3. The molecule has 140 valence electrons. The Balaban J connectivity index is 1.50. The minimum absolute atomic E-state index is 0.0567. The molecule has 0 spiro atoms. The number of imidazole rings is 1. The van der Waals surface area contributed by atoms with E-state index in [-0.39, 0.29) is 12.0 Å². The van der Waals surface area contributed by atoms with Gasteiger partial charge in [-0.25, -0.2) is 9.97 Å². The van der Waals surface area contributed by atoms with Crippen LogP contribution in [0.2, 0.25) is 0 Å². The minimum atomic E-state index is -0.0567. The fourth-order valence-corrected chi connectivity index (χ4v) is 3.42. The fourth-order valence-electron chi connectivity index (χ4n) is 3.42. The predicted molar refractivity (Wildman–Crippen MR) is 104 cm³/mol. The van der Waals surface area contributed by atoms with Crippen LogP contribution in [0.3, 0.4) is 0 Å². The first-order valence-electron chi connectivity index (χ1n) is 9.09. The van der Waals surface area contributed by atoms with Gasteiger partial charge in [0.1, 0.15) is 5.82 Å². The van der Waals surface area contributed by atoms with E-state index in [4.69, 9.17) is 4.74 Å². The first-order valence-corrected chi connectivity index (χ1v) is 9.09. The van der Waals surface area contributed by atoms with Gasteiger partial charge < -0.3 is 14.6 Å². The molecule has 3 heterocycles. The van der Waals surface area contributed by atoms with Crippen molar-refractivity contribution in [1.82, 2.24) is 19.4 Å². The summed E-state index contributed by atoms with van der Waals surface area (Å²) in [7, 11) is 1.97. The van der Waals surface area contributed by atoms with Crippen molar-refractivity contribution in [2.75, 3.05) is 31.6 Å². The number of nitrogens with one attached hydrogen (secondary N) is 1. The first-order chi connectivity index (χ1) is 13.1. The summed E-state index contributed by atoms with van der Waals surface area (Å²) in [6.45, 7) is 4.58. The van der Waals surface area contributed by atoms with Gasteiger partial charge in [-0.1, -0.05) is 12.1 Å². The number of nitrogens with zero attached hydrogens (tertiary/aromatic N) is 4. The summed E-state index contributed by atoms with van der Waals surface area (Å²) >= 11 is 0. The van der Waals surface area contributed by atoms with Gasteiger partial charge in [0.15, 0.2) is 0 Å². The zero-order valence-corrected chi connectivity index (χ0v) is 15.6. The van der Waals surface area contributed by atoms with Crippen LogP contribution in [0.1, 0.15) is 6.92 Å². The molecule has 0 saturated carbocycles. The van der Waals surface area contributed by atoms with Crippen LogP contribution in [-0.2, 0) is 16.6 Å². The Morgan fingerprint density at radius 1 is 1.30 bits per heavy atom. The molecule has 1 aliphatic rings. The molecule has 1 saturated heterocycles. The quantitative estimate of drug-likeness (QED) is 0.768. The molecule has 1 fully saturated rings. The Morgan fingerprint density at radius 3 is 2.96 bits per heavy atom. The number of aryl methyl sites for hydroxylation is 1. The van der Waals surface area contributed by atoms with Crippen LogP contribution in [0, 0.1) is 0 Å². The number of amides is 1. The highest BCUT2D eigenvalue weighted by Crippen LogP contribution is 2.25. The van der Waals surface area contributed by atoms with Gasteiger partial charge in [-0.15, -0.1) is 0 Å². The van der Waals surface area contributed by atoms with Crippen LogP contribution in [0.4, 0.5) is 5.82 Å². The molecule has 1 N–H and O–H groups in total. The minimum Gasteiger partial charge on any atom is -0.376 e. The van der Waals surface area contributed by atoms with Crippen molar-refractivity contribution in [2.45, 2.75) is 13.0 Å². The van der Waals surface area contributed by atoms with E-state index in [1.807, 2.05) is 36.9 Å². The van der Waals surface area contributed by atoms with Gasteiger partial charge in [0.25, 0.3) is 0 Å². The first kappa shape index (κ1) is 17.6. The summed E-state index contributed by atoms with van der Waals surface area (Å²) in [5.74, 6) is 0.509. The van der Waals surface area contributed by atoms with Crippen LogP contribution >= 0.6 is 0 Å². The number of fused-ring (bicyclic) bond motifs is 1. The summed E-state index contributed by atoms with van der Waals surface area (Å²) in [5, 5.41) is 4.97. The molecule has 2 aromatic heterocycles. The third-order valence-electron chi connectivity index (χ3n) is 4.79. The van der Waals surface area contributed by atoms with Gasteiger partial charge in [-0.2, -0.15) is 0 Å². The average molecular weight is 365 g/mol. The third-order valence-corrected chi connectivity index (χ3v) is 4.79. The van der Waals surface area contributed by atoms with Crippen LogP contribution in [-0.4, -0.2) is 57.7 Å². The Hall–Kier alpha value is -2.77. The number of pyridine rings is 1. The van der Waals surface area contributed by atoms with E-state index in [1.54, 1.807) is 12.5 Å². The van der Waals surface area contributed by atoms with Crippen molar-refractivity contribution in [3.63, 3.8) is 0 Å². The van der Waals surface area contributed by atoms with E-state index >= 15 is 0 Å². The summed E-state index contributed by atoms with van der Waals surface area (Å²) in [6.07, 6.45) is 5.57. The Bertz CT molecular complexity index is 968. The van der Waals surface area contributed by atoms with Gasteiger partial charge in [0.2, 0.25) is 5.91 Å². The molecule has 1 aliphatic heterocycles. The summed E-state index contributed by atoms with van der Waals surface area (Å²) in [6, 6.07) is 8.09. The monoisotopic (exact) mass is 365 g/mol. The number of hydrogen-bond acceptors (Lipinski definition) is 5. The lowest BCUT2D eigenvalue weighted by Gasteiger charge is -2.30. The Kier molecular flexibility index (Phi) is 4.87. The standard InChI is InChI=1S/C20H23N5O2/c1-14-11-25(5-6-27-14)12-20(26)23-19-8-17-7-15(3-4-16(17)9-22-19)18-10-21-13-24(18)2/h3-4,7-10,13-14H,5-6,11-12H2,1-2H3,(H,22,23,26)/t14-/m0/s1. The van der Waals surface area contributed by atoms with Crippen molar-refractivity contribution in [3.8, 4) is 11.3 Å². The van der Waals surface area contributed by atoms with Gasteiger partial charge in [0, 0.05) is 37.3 Å². The van der Waals surface area contributed by atoms with Crippen LogP contribution < -0.4 is 5.32 Å².